The normalized spacial score (nSPS) is 14.5. The highest BCUT2D eigenvalue weighted by Gasteiger charge is 2.16. The molecule has 0 amide bonds. The van der Waals surface area contributed by atoms with Crippen molar-refractivity contribution in [1.82, 2.24) is 4.90 Å². The minimum atomic E-state index is 0.338. The first-order valence-corrected chi connectivity index (χ1v) is 10.8. The molecule has 1 saturated heterocycles. The van der Waals surface area contributed by atoms with Gasteiger partial charge in [-0.05, 0) is 59.6 Å². The zero-order valence-electron chi connectivity index (χ0n) is 17.2. The predicted molar refractivity (Wildman–Crippen MR) is 124 cm³/mol. The summed E-state index contributed by atoms with van der Waals surface area (Å²) in [6.07, 6.45) is 3.22. The molecule has 1 fully saturated rings. The highest BCUT2D eigenvalue weighted by molar-refractivity contribution is 5.91. The Labute approximate surface area is 177 Å². The second-order valence-corrected chi connectivity index (χ2v) is 8.12. The van der Waals surface area contributed by atoms with Crippen LogP contribution in [-0.4, -0.2) is 36.2 Å². The van der Waals surface area contributed by atoms with Crippen LogP contribution in [0.25, 0.3) is 21.5 Å². The van der Waals surface area contributed by atoms with Gasteiger partial charge < -0.3 is 9.84 Å². The molecule has 1 N–H and O–H groups in total. The number of nitrogens with zero attached hydrogens (tertiary/aromatic N) is 1. The molecule has 1 aliphatic heterocycles. The topological polar surface area (TPSA) is 32.7 Å². The summed E-state index contributed by atoms with van der Waals surface area (Å²) in [5.74, 6) is 1.25. The molecule has 0 unspecified atom stereocenters. The number of hydrogen-bond acceptors (Lipinski definition) is 3. The zero-order chi connectivity index (χ0) is 20.3. The smallest absolute Gasteiger partial charge is 0.123 e. The first kappa shape index (κ1) is 19.0. The van der Waals surface area contributed by atoms with E-state index in [-0.39, 0.29) is 0 Å². The molecule has 3 nitrogen and oxygen atoms in total. The summed E-state index contributed by atoms with van der Waals surface area (Å²) in [7, 11) is 0. The van der Waals surface area contributed by atoms with Crippen LogP contribution in [0.5, 0.6) is 11.5 Å². The van der Waals surface area contributed by atoms with Gasteiger partial charge in [0.15, 0.2) is 0 Å². The van der Waals surface area contributed by atoms with Gasteiger partial charge in [-0.2, -0.15) is 0 Å². The quantitative estimate of drug-likeness (QED) is 0.449. The van der Waals surface area contributed by atoms with Gasteiger partial charge in [0.1, 0.15) is 18.1 Å². The van der Waals surface area contributed by atoms with Crippen molar-refractivity contribution in [3.05, 3.63) is 83.9 Å². The molecule has 0 saturated carbocycles. The van der Waals surface area contributed by atoms with E-state index in [1.807, 2.05) is 18.2 Å². The molecule has 0 aliphatic carbocycles. The summed E-state index contributed by atoms with van der Waals surface area (Å²) >= 11 is 0. The Balaban J connectivity index is 1.53. The molecule has 4 aromatic rings. The van der Waals surface area contributed by atoms with E-state index in [2.05, 4.69) is 53.4 Å². The third-order valence-electron chi connectivity index (χ3n) is 6.23. The fraction of sp³-hybridized carbons (Fsp3) is 0.259. The summed E-state index contributed by atoms with van der Waals surface area (Å²) in [6, 6.07) is 24.7. The molecular formula is C27H27NO2. The molecule has 0 radical (unpaired) electrons. The van der Waals surface area contributed by atoms with Gasteiger partial charge in [0.2, 0.25) is 0 Å². The summed E-state index contributed by atoms with van der Waals surface area (Å²) in [5.41, 5.74) is 2.09. The third-order valence-corrected chi connectivity index (χ3v) is 6.23. The SMILES string of the molecule is Oc1ccc2ccccc2c1Cc1c(OCCN2CCCC2)ccc2ccccc12. The molecule has 1 heterocycles. The lowest BCUT2D eigenvalue weighted by Crippen LogP contribution is -2.25. The molecule has 0 atom stereocenters. The van der Waals surface area contributed by atoms with Gasteiger partial charge in [-0.3, -0.25) is 4.90 Å². The Morgan fingerprint density at radius 1 is 0.733 bits per heavy atom. The largest absolute Gasteiger partial charge is 0.508 e. The summed E-state index contributed by atoms with van der Waals surface area (Å²) in [4.78, 5) is 2.47. The van der Waals surface area contributed by atoms with Crippen molar-refractivity contribution in [2.45, 2.75) is 19.3 Å². The Kier molecular flexibility index (Phi) is 5.29. The number of fused-ring (bicyclic) bond motifs is 2. The average molecular weight is 398 g/mol. The Bertz CT molecular complexity index is 1180. The molecule has 30 heavy (non-hydrogen) atoms. The summed E-state index contributed by atoms with van der Waals surface area (Å²) in [6.45, 7) is 4.01. The van der Waals surface area contributed by atoms with E-state index >= 15 is 0 Å². The lowest BCUT2D eigenvalue weighted by molar-refractivity contribution is 0.237. The molecule has 0 spiro atoms. The fourth-order valence-corrected chi connectivity index (χ4v) is 4.61. The van der Waals surface area contributed by atoms with Crippen LogP contribution in [0.2, 0.25) is 0 Å². The molecule has 1 aliphatic rings. The second-order valence-electron chi connectivity index (χ2n) is 8.12. The van der Waals surface area contributed by atoms with E-state index in [4.69, 9.17) is 4.74 Å². The minimum Gasteiger partial charge on any atom is -0.508 e. The van der Waals surface area contributed by atoms with E-state index in [9.17, 15) is 5.11 Å². The van der Waals surface area contributed by atoms with Gasteiger partial charge in [-0.1, -0.05) is 60.7 Å². The van der Waals surface area contributed by atoms with E-state index < -0.39 is 0 Å². The van der Waals surface area contributed by atoms with Crippen molar-refractivity contribution >= 4 is 21.5 Å². The van der Waals surface area contributed by atoms with Gasteiger partial charge in [-0.25, -0.2) is 0 Å². The van der Waals surface area contributed by atoms with Gasteiger partial charge in [0.25, 0.3) is 0 Å². The maximum atomic E-state index is 10.7. The maximum Gasteiger partial charge on any atom is 0.123 e. The molecule has 0 bridgehead atoms. The Morgan fingerprint density at radius 3 is 2.10 bits per heavy atom. The Hall–Kier alpha value is -3.04. The number of rotatable bonds is 6. The van der Waals surface area contributed by atoms with Crippen molar-refractivity contribution < 1.29 is 9.84 Å². The second kappa shape index (κ2) is 8.37. The molecule has 4 aromatic carbocycles. The van der Waals surface area contributed by atoms with E-state index in [0.717, 1.165) is 34.2 Å². The monoisotopic (exact) mass is 397 g/mol. The van der Waals surface area contributed by atoms with Gasteiger partial charge >= 0.3 is 0 Å². The van der Waals surface area contributed by atoms with Gasteiger partial charge in [0.05, 0.1) is 0 Å². The highest BCUT2D eigenvalue weighted by Crippen LogP contribution is 2.35. The standard InChI is InChI=1S/C27H27NO2/c29-26-13-11-20-7-1-3-9-22(20)24(26)19-25-23-10-4-2-8-21(23)12-14-27(25)30-18-17-28-15-5-6-16-28/h1-4,7-14,29H,5-6,15-19H2. The van der Waals surface area contributed by atoms with Crippen molar-refractivity contribution in [1.29, 1.82) is 0 Å². The van der Waals surface area contributed by atoms with Crippen LogP contribution in [0.3, 0.4) is 0 Å². The minimum absolute atomic E-state index is 0.338. The number of benzene rings is 4. The highest BCUT2D eigenvalue weighted by atomic mass is 16.5. The first-order chi connectivity index (χ1) is 14.8. The maximum absolute atomic E-state index is 10.7. The zero-order valence-corrected chi connectivity index (χ0v) is 17.2. The number of phenolic OH excluding ortho intramolecular Hbond substituents is 1. The number of ether oxygens (including phenoxy) is 1. The van der Waals surface area contributed by atoms with Crippen LogP contribution in [0, 0.1) is 0 Å². The molecule has 3 heteroatoms. The van der Waals surface area contributed by atoms with Crippen molar-refractivity contribution in [2.24, 2.45) is 0 Å². The number of phenols is 1. The molecule has 0 aromatic heterocycles. The van der Waals surface area contributed by atoms with Crippen LogP contribution in [0.1, 0.15) is 24.0 Å². The average Bonchev–Trinajstić information content (AvgIpc) is 3.30. The predicted octanol–water partition coefficient (Wildman–Crippen LogP) is 5.76. The summed E-state index contributed by atoms with van der Waals surface area (Å²) in [5, 5.41) is 15.3. The molecule has 5 rings (SSSR count). The van der Waals surface area contributed by atoms with Crippen LogP contribution in [0.15, 0.2) is 72.8 Å². The number of likely N-dealkylation sites (tertiary alicyclic amines) is 1. The van der Waals surface area contributed by atoms with E-state index in [1.165, 1.54) is 36.7 Å². The van der Waals surface area contributed by atoms with E-state index in [1.54, 1.807) is 6.07 Å². The number of hydrogen-bond donors (Lipinski definition) is 1. The van der Waals surface area contributed by atoms with Gasteiger partial charge in [-0.15, -0.1) is 0 Å². The van der Waals surface area contributed by atoms with Crippen LogP contribution >= 0.6 is 0 Å². The third kappa shape index (κ3) is 3.73. The Morgan fingerprint density at radius 2 is 1.37 bits per heavy atom. The van der Waals surface area contributed by atoms with Crippen molar-refractivity contribution in [3.63, 3.8) is 0 Å². The van der Waals surface area contributed by atoms with Crippen molar-refractivity contribution in [3.8, 4) is 11.5 Å². The van der Waals surface area contributed by atoms with Gasteiger partial charge in [0, 0.05) is 24.1 Å². The fourth-order valence-electron chi connectivity index (χ4n) is 4.61. The molecule has 152 valence electrons. The number of aromatic hydroxyl groups is 1. The van der Waals surface area contributed by atoms with Crippen molar-refractivity contribution in [2.75, 3.05) is 26.2 Å². The first-order valence-electron chi connectivity index (χ1n) is 10.8. The van der Waals surface area contributed by atoms with E-state index in [0.29, 0.717) is 18.8 Å². The lowest BCUT2D eigenvalue weighted by atomic mass is 9.93. The lowest BCUT2D eigenvalue weighted by Gasteiger charge is -2.19. The summed E-state index contributed by atoms with van der Waals surface area (Å²) < 4.78 is 6.31. The molecular weight excluding hydrogens is 370 g/mol. The van der Waals surface area contributed by atoms with Crippen LogP contribution in [0.4, 0.5) is 0 Å². The van der Waals surface area contributed by atoms with Crippen LogP contribution < -0.4 is 4.74 Å². The van der Waals surface area contributed by atoms with Crippen LogP contribution in [-0.2, 0) is 6.42 Å².